The molecule has 1 fully saturated rings. The molecule has 0 bridgehead atoms. The molecule has 0 aliphatic heterocycles. The Balaban J connectivity index is 1.94. The number of hydrogen-bond acceptors (Lipinski definition) is 3. The van der Waals surface area contributed by atoms with Crippen LogP contribution in [-0.4, -0.2) is 28.5 Å². The van der Waals surface area contributed by atoms with Gasteiger partial charge in [-0.3, -0.25) is 0 Å². The normalized spacial score (nSPS) is 16.3. The number of imidazole rings is 1. The number of nitrogens with zero attached hydrogens (tertiary/aromatic N) is 2. The van der Waals surface area contributed by atoms with E-state index in [1.54, 1.807) is 7.11 Å². The highest BCUT2D eigenvalue weighted by Crippen LogP contribution is 2.36. The van der Waals surface area contributed by atoms with Crippen LogP contribution in [0.15, 0.2) is 23.4 Å². The van der Waals surface area contributed by atoms with Crippen LogP contribution in [0.4, 0.5) is 0 Å². The number of aromatic nitrogens is 2. The standard InChI is InChI=1S/C15H19ClN2OS/c1-19-9-8-18-14-7-6-11(16)10-13(14)17-15(18)20-12-4-2-3-5-12/h6-7,10,12H,2-5,8-9H2,1H3. The van der Waals surface area contributed by atoms with Gasteiger partial charge in [0.2, 0.25) is 0 Å². The lowest BCUT2D eigenvalue weighted by Crippen LogP contribution is -2.07. The van der Waals surface area contributed by atoms with Gasteiger partial charge in [0, 0.05) is 23.9 Å². The Kier molecular flexibility index (Phi) is 4.54. The smallest absolute Gasteiger partial charge is 0.169 e. The highest BCUT2D eigenvalue weighted by molar-refractivity contribution is 7.99. The number of fused-ring (bicyclic) bond motifs is 1. The molecule has 0 N–H and O–H groups in total. The Morgan fingerprint density at radius 1 is 1.40 bits per heavy atom. The van der Waals surface area contributed by atoms with Gasteiger partial charge in [-0.25, -0.2) is 4.98 Å². The molecule has 2 aromatic rings. The zero-order valence-corrected chi connectivity index (χ0v) is 13.2. The maximum atomic E-state index is 6.07. The first-order chi connectivity index (χ1) is 9.78. The predicted molar refractivity (Wildman–Crippen MR) is 84.7 cm³/mol. The summed E-state index contributed by atoms with van der Waals surface area (Å²) in [5.41, 5.74) is 2.13. The van der Waals surface area contributed by atoms with Crippen molar-refractivity contribution in [2.75, 3.05) is 13.7 Å². The molecule has 0 saturated heterocycles. The molecule has 5 heteroatoms. The average molecular weight is 311 g/mol. The summed E-state index contributed by atoms with van der Waals surface area (Å²) < 4.78 is 7.49. The minimum Gasteiger partial charge on any atom is -0.383 e. The maximum Gasteiger partial charge on any atom is 0.169 e. The second-order valence-electron chi connectivity index (χ2n) is 5.20. The monoisotopic (exact) mass is 310 g/mol. The summed E-state index contributed by atoms with van der Waals surface area (Å²) in [5.74, 6) is 0. The van der Waals surface area contributed by atoms with Crippen LogP contribution in [0.5, 0.6) is 0 Å². The molecule has 108 valence electrons. The van der Waals surface area contributed by atoms with Gasteiger partial charge in [0.15, 0.2) is 5.16 Å². The van der Waals surface area contributed by atoms with E-state index < -0.39 is 0 Å². The van der Waals surface area contributed by atoms with Crippen LogP contribution in [0, 0.1) is 0 Å². The molecule has 0 amide bonds. The SMILES string of the molecule is COCCn1c(SC2CCCC2)nc2cc(Cl)ccc21. The molecule has 1 heterocycles. The number of ether oxygens (including phenoxy) is 1. The Morgan fingerprint density at radius 2 is 2.20 bits per heavy atom. The topological polar surface area (TPSA) is 27.1 Å². The first-order valence-electron chi connectivity index (χ1n) is 7.09. The fraction of sp³-hybridized carbons (Fsp3) is 0.533. The van der Waals surface area contributed by atoms with Gasteiger partial charge < -0.3 is 9.30 Å². The van der Waals surface area contributed by atoms with Crippen molar-refractivity contribution in [3.63, 3.8) is 0 Å². The van der Waals surface area contributed by atoms with Gasteiger partial charge >= 0.3 is 0 Å². The maximum absolute atomic E-state index is 6.07. The molecular formula is C15H19ClN2OS. The molecule has 0 atom stereocenters. The van der Waals surface area contributed by atoms with E-state index in [4.69, 9.17) is 21.3 Å². The van der Waals surface area contributed by atoms with Crippen LogP contribution in [0.25, 0.3) is 11.0 Å². The third-order valence-electron chi connectivity index (χ3n) is 3.77. The van der Waals surface area contributed by atoms with Crippen molar-refractivity contribution < 1.29 is 4.74 Å². The van der Waals surface area contributed by atoms with Crippen molar-refractivity contribution in [3.8, 4) is 0 Å². The fourth-order valence-electron chi connectivity index (χ4n) is 2.72. The van der Waals surface area contributed by atoms with E-state index in [1.807, 2.05) is 23.9 Å². The average Bonchev–Trinajstić information content (AvgIpc) is 3.04. The van der Waals surface area contributed by atoms with Crippen LogP contribution < -0.4 is 0 Å². The Hall–Kier alpha value is -0.710. The third-order valence-corrected chi connectivity index (χ3v) is 5.33. The Bertz CT molecular complexity index is 593. The summed E-state index contributed by atoms with van der Waals surface area (Å²) in [6.07, 6.45) is 5.31. The van der Waals surface area contributed by atoms with Crippen LogP contribution in [0.3, 0.4) is 0 Å². The number of benzene rings is 1. The molecule has 0 spiro atoms. The zero-order chi connectivity index (χ0) is 13.9. The third kappa shape index (κ3) is 2.97. The van der Waals surface area contributed by atoms with Crippen molar-refractivity contribution in [1.29, 1.82) is 0 Å². The number of hydrogen-bond donors (Lipinski definition) is 0. The van der Waals surface area contributed by atoms with Crippen LogP contribution in [0.2, 0.25) is 5.02 Å². The summed E-state index contributed by atoms with van der Waals surface area (Å²) in [7, 11) is 1.74. The lowest BCUT2D eigenvalue weighted by atomic mass is 10.3. The van der Waals surface area contributed by atoms with E-state index in [0.717, 1.165) is 27.8 Å². The lowest BCUT2D eigenvalue weighted by molar-refractivity contribution is 0.186. The number of halogens is 1. The minimum absolute atomic E-state index is 0.701. The van der Waals surface area contributed by atoms with Crippen molar-refractivity contribution in [2.45, 2.75) is 42.6 Å². The van der Waals surface area contributed by atoms with Gasteiger partial charge in [-0.2, -0.15) is 0 Å². The zero-order valence-electron chi connectivity index (χ0n) is 11.6. The Labute approximate surface area is 128 Å². The van der Waals surface area contributed by atoms with Gasteiger partial charge in [0.1, 0.15) is 0 Å². The summed E-state index contributed by atoms with van der Waals surface area (Å²) in [4.78, 5) is 4.78. The van der Waals surface area contributed by atoms with Gasteiger partial charge in [0.05, 0.1) is 17.6 Å². The molecule has 0 radical (unpaired) electrons. The Morgan fingerprint density at radius 3 is 2.95 bits per heavy atom. The van der Waals surface area contributed by atoms with Gasteiger partial charge in [-0.05, 0) is 31.0 Å². The second-order valence-corrected chi connectivity index (χ2v) is 6.90. The molecule has 1 aliphatic carbocycles. The van der Waals surface area contributed by atoms with Crippen molar-refractivity contribution in [2.24, 2.45) is 0 Å². The molecule has 20 heavy (non-hydrogen) atoms. The molecule has 3 nitrogen and oxygen atoms in total. The van der Waals surface area contributed by atoms with E-state index in [0.29, 0.717) is 11.9 Å². The minimum atomic E-state index is 0.701. The molecular weight excluding hydrogens is 292 g/mol. The van der Waals surface area contributed by atoms with Crippen molar-refractivity contribution >= 4 is 34.4 Å². The first-order valence-corrected chi connectivity index (χ1v) is 8.35. The second kappa shape index (κ2) is 6.37. The van der Waals surface area contributed by atoms with Crippen molar-refractivity contribution in [1.82, 2.24) is 9.55 Å². The summed E-state index contributed by atoms with van der Waals surface area (Å²) in [6, 6.07) is 5.93. The van der Waals surface area contributed by atoms with E-state index >= 15 is 0 Å². The number of methoxy groups -OCH3 is 1. The largest absolute Gasteiger partial charge is 0.383 e. The summed E-state index contributed by atoms with van der Waals surface area (Å²) >= 11 is 7.99. The van der Waals surface area contributed by atoms with Gasteiger partial charge in [-0.1, -0.05) is 36.2 Å². The fourth-order valence-corrected chi connectivity index (χ4v) is 4.23. The van der Waals surface area contributed by atoms with Crippen LogP contribution >= 0.6 is 23.4 Å². The van der Waals surface area contributed by atoms with Gasteiger partial charge in [0.25, 0.3) is 0 Å². The van der Waals surface area contributed by atoms with E-state index in [-0.39, 0.29) is 0 Å². The highest BCUT2D eigenvalue weighted by atomic mass is 35.5. The molecule has 3 rings (SSSR count). The number of thioether (sulfide) groups is 1. The molecule has 0 unspecified atom stereocenters. The van der Waals surface area contributed by atoms with Gasteiger partial charge in [-0.15, -0.1) is 0 Å². The first kappa shape index (κ1) is 14.2. The molecule has 1 aromatic carbocycles. The molecule has 1 saturated carbocycles. The quantitative estimate of drug-likeness (QED) is 0.820. The highest BCUT2D eigenvalue weighted by Gasteiger charge is 2.20. The summed E-state index contributed by atoms with van der Waals surface area (Å²) in [6.45, 7) is 1.54. The predicted octanol–water partition coefficient (Wildman–Crippen LogP) is 4.37. The van der Waals surface area contributed by atoms with E-state index in [2.05, 4.69) is 10.6 Å². The number of rotatable bonds is 5. The van der Waals surface area contributed by atoms with E-state index in [1.165, 1.54) is 25.7 Å². The lowest BCUT2D eigenvalue weighted by Gasteiger charge is -2.11. The summed E-state index contributed by atoms with van der Waals surface area (Å²) in [5, 5.41) is 2.56. The van der Waals surface area contributed by atoms with Crippen LogP contribution in [0.1, 0.15) is 25.7 Å². The van der Waals surface area contributed by atoms with E-state index in [9.17, 15) is 0 Å². The molecule has 1 aromatic heterocycles. The van der Waals surface area contributed by atoms with Crippen molar-refractivity contribution in [3.05, 3.63) is 23.2 Å². The molecule has 1 aliphatic rings. The van der Waals surface area contributed by atoms with Crippen LogP contribution in [-0.2, 0) is 11.3 Å².